The van der Waals surface area contributed by atoms with Gasteiger partial charge in [-0.1, -0.05) is 194 Å². The van der Waals surface area contributed by atoms with Crippen LogP contribution < -0.4 is 0 Å². The van der Waals surface area contributed by atoms with Crippen LogP contribution in [0.15, 0.2) is 212 Å². The predicted molar refractivity (Wildman–Crippen MR) is 264 cm³/mol. The second kappa shape index (κ2) is 15.2. The largest absolute Gasteiger partial charge is 0.247 e. The van der Waals surface area contributed by atoms with E-state index >= 15 is 0 Å². The smallest absolute Gasteiger partial charge is 0.160 e. The van der Waals surface area contributed by atoms with Crippen LogP contribution in [-0.4, -0.2) is 15.0 Å². The summed E-state index contributed by atoms with van der Waals surface area (Å²) in [5.41, 5.74) is 14.0. The van der Waals surface area contributed by atoms with Crippen LogP contribution in [0.4, 0.5) is 0 Å². The van der Waals surface area contributed by atoms with Crippen LogP contribution in [0.2, 0.25) is 0 Å². The molecule has 0 bridgehead atoms. The highest BCUT2D eigenvalue weighted by molar-refractivity contribution is 7.27. The number of rotatable bonds is 7. The highest BCUT2D eigenvalue weighted by atomic mass is 32.1. The van der Waals surface area contributed by atoms with Gasteiger partial charge in [0, 0.05) is 73.9 Å². The van der Waals surface area contributed by atoms with E-state index in [1.54, 1.807) is 0 Å². The van der Waals surface area contributed by atoms with E-state index in [1.807, 2.05) is 59.1 Å². The van der Waals surface area contributed by atoms with Crippen LogP contribution in [0.3, 0.4) is 0 Å². The summed E-state index contributed by atoms with van der Waals surface area (Å²) in [4.78, 5) is 16.7. The molecule has 12 aromatic rings. The lowest BCUT2D eigenvalue weighted by molar-refractivity contribution is 1.18. The van der Waals surface area contributed by atoms with Gasteiger partial charge in [0.2, 0.25) is 0 Å². The molecule has 0 unspecified atom stereocenters. The Morgan fingerprint density at radius 2 is 0.871 bits per heavy atom. The van der Waals surface area contributed by atoms with E-state index in [0.29, 0.717) is 5.82 Å². The molecule has 62 heavy (non-hydrogen) atoms. The molecule has 0 aliphatic rings. The van der Waals surface area contributed by atoms with Crippen LogP contribution >= 0.6 is 22.7 Å². The molecule has 0 aliphatic heterocycles. The first kappa shape index (κ1) is 36.3. The van der Waals surface area contributed by atoms with E-state index in [4.69, 9.17) is 15.0 Å². The summed E-state index contributed by atoms with van der Waals surface area (Å²) in [5.74, 6) is 0.713. The molecule has 4 heterocycles. The summed E-state index contributed by atoms with van der Waals surface area (Å²) < 4.78 is 3.85. The zero-order chi connectivity index (χ0) is 41.0. The number of fused-ring (bicyclic) bond motifs is 6. The Hall–Kier alpha value is -7.57. The Bertz CT molecular complexity index is 3540. The number of pyridine rings is 1. The Labute approximate surface area is 366 Å². The molecule has 4 aromatic heterocycles. The summed E-state index contributed by atoms with van der Waals surface area (Å²) in [7, 11) is 0. The lowest BCUT2D eigenvalue weighted by Gasteiger charge is -2.12. The predicted octanol–water partition coefficient (Wildman–Crippen LogP) is 16.3. The number of thiophene rings is 2. The van der Waals surface area contributed by atoms with E-state index in [9.17, 15) is 0 Å². The Kier molecular flexibility index (Phi) is 8.87. The van der Waals surface area contributed by atoms with E-state index in [1.165, 1.54) is 57.2 Å². The van der Waals surface area contributed by atoms with Crippen molar-refractivity contribution in [2.24, 2.45) is 0 Å². The van der Waals surface area contributed by atoms with Gasteiger partial charge in [-0.3, -0.25) is 0 Å². The third-order valence-corrected chi connectivity index (χ3v) is 14.2. The van der Waals surface area contributed by atoms with Crippen molar-refractivity contribution < 1.29 is 0 Å². The molecule has 5 heteroatoms. The van der Waals surface area contributed by atoms with Crippen molar-refractivity contribution in [1.82, 2.24) is 15.0 Å². The minimum Gasteiger partial charge on any atom is -0.247 e. The van der Waals surface area contributed by atoms with Crippen LogP contribution in [0.25, 0.3) is 119 Å². The molecule has 12 rings (SSSR count). The Morgan fingerprint density at radius 1 is 0.339 bits per heavy atom. The molecule has 0 fully saturated rings. The summed E-state index contributed by atoms with van der Waals surface area (Å²) >= 11 is 3.76. The van der Waals surface area contributed by atoms with Gasteiger partial charge in [0.25, 0.3) is 0 Å². The summed E-state index contributed by atoms with van der Waals surface area (Å²) in [6.07, 6.45) is 0. The van der Waals surface area contributed by atoms with E-state index in [2.05, 4.69) is 176 Å². The minimum atomic E-state index is 0.713. The third kappa shape index (κ3) is 6.29. The summed E-state index contributed by atoms with van der Waals surface area (Å²) in [6.45, 7) is 0. The molecule has 290 valence electrons. The average Bonchev–Trinajstić information content (AvgIpc) is 3.95. The van der Waals surface area contributed by atoms with Gasteiger partial charge in [-0.25, -0.2) is 15.0 Å². The van der Waals surface area contributed by atoms with Crippen molar-refractivity contribution in [3.63, 3.8) is 0 Å². The van der Waals surface area contributed by atoms with E-state index in [-0.39, 0.29) is 0 Å². The number of benzene rings is 8. The second-order valence-corrected chi connectivity index (χ2v) is 17.6. The average molecular weight is 826 g/mol. The van der Waals surface area contributed by atoms with Gasteiger partial charge < -0.3 is 0 Å². The maximum Gasteiger partial charge on any atom is 0.160 e. The SMILES string of the molecule is c1ccc(-c2cc(-c3ccc(-c4ccc(-c5sc6c(c(-c7ccccc7)nc7ccccc76)c5-c5cccc6c5sc5ccccc56)cc4)cc3)nc(-c3ccccc3)n2)cc1. The number of hydrogen-bond donors (Lipinski definition) is 0. The molecule has 0 N–H and O–H groups in total. The second-order valence-electron chi connectivity index (χ2n) is 15.5. The third-order valence-electron chi connectivity index (χ3n) is 11.7. The quantitative estimate of drug-likeness (QED) is 0.161. The van der Waals surface area contributed by atoms with Crippen molar-refractivity contribution >= 4 is 63.8 Å². The highest BCUT2D eigenvalue weighted by Gasteiger charge is 2.25. The van der Waals surface area contributed by atoms with Gasteiger partial charge in [-0.15, -0.1) is 22.7 Å². The fraction of sp³-hybridized carbons (Fsp3) is 0. The molecular formula is C57H35N3S2. The van der Waals surface area contributed by atoms with Gasteiger partial charge in [-0.2, -0.15) is 0 Å². The lowest BCUT2D eigenvalue weighted by atomic mass is 9.93. The Morgan fingerprint density at radius 3 is 1.56 bits per heavy atom. The van der Waals surface area contributed by atoms with Crippen LogP contribution in [-0.2, 0) is 0 Å². The van der Waals surface area contributed by atoms with Gasteiger partial charge in [0.05, 0.1) is 22.6 Å². The van der Waals surface area contributed by atoms with Gasteiger partial charge in [0.1, 0.15) is 0 Å². The Balaban J connectivity index is 0.991. The molecule has 0 aliphatic carbocycles. The number of hydrogen-bond acceptors (Lipinski definition) is 5. The van der Waals surface area contributed by atoms with Crippen molar-refractivity contribution in [2.45, 2.75) is 0 Å². The highest BCUT2D eigenvalue weighted by Crippen LogP contribution is 2.53. The van der Waals surface area contributed by atoms with Gasteiger partial charge in [0.15, 0.2) is 5.82 Å². The van der Waals surface area contributed by atoms with Crippen LogP contribution in [0.1, 0.15) is 0 Å². The first-order chi connectivity index (χ1) is 30.7. The zero-order valence-corrected chi connectivity index (χ0v) is 35.0. The van der Waals surface area contributed by atoms with Crippen molar-refractivity contribution in [3.05, 3.63) is 212 Å². The molecule has 0 spiro atoms. The number of aromatic nitrogens is 3. The molecule has 0 amide bonds. The standard InChI is InChI=1S/C57H35N3S2/c1-4-15-38(16-5-1)48-35-49(60-57(59-48)42-19-8-3-9-20-42)39-31-27-36(28-32-39)37-29-33-41(34-30-37)54-51(46-24-14-23-44-43-21-11-13-26-50(43)61-55(44)46)52-53(40-17-6-2-7-18-40)58-47-25-12-10-22-45(47)56(52)62-54/h1-35H. The van der Waals surface area contributed by atoms with Gasteiger partial charge in [-0.05, 0) is 34.9 Å². The number of para-hydroxylation sites is 1. The minimum absolute atomic E-state index is 0.713. The summed E-state index contributed by atoms with van der Waals surface area (Å²) in [6, 6.07) is 75.3. The molecule has 0 radical (unpaired) electrons. The topological polar surface area (TPSA) is 38.7 Å². The first-order valence-electron chi connectivity index (χ1n) is 20.8. The molecule has 3 nitrogen and oxygen atoms in total. The lowest BCUT2D eigenvalue weighted by Crippen LogP contribution is -1.95. The van der Waals surface area contributed by atoms with Crippen molar-refractivity contribution in [1.29, 1.82) is 0 Å². The molecular weight excluding hydrogens is 791 g/mol. The normalized spacial score (nSPS) is 11.5. The van der Waals surface area contributed by atoms with Crippen molar-refractivity contribution in [3.8, 4) is 77.9 Å². The summed E-state index contributed by atoms with van der Waals surface area (Å²) in [5, 5.41) is 4.97. The van der Waals surface area contributed by atoms with Gasteiger partial charge >= 0.3 is 0 Å². The van der Waals surface area contributed by atoms with Crippen LogP contribution in [0.5, 0.6) is 0 Å². The van der Waals surface area contributed by atoms with E-state index < -0.39 is 0 Å². The fourth-order valence-corrected chi connectivity index (χ4v) is 11.3. The zero-order valence-electron chi connectivity index (χ0n) is 33.4. The van der Waals surface area contributed by atoms with Crippen LogP contribution in [0, 0.1) is 0 Å². The maximum atomic E-state index is 5.41. The maximum absolute atomic E-state index is 5.41. The molecule has 8 aromatic carbocycles. The van der Waals surface area contributed by atoms with Crippen molar-refractivity contribution in [2.75, 3.05) is 0 Å². The first-order valence-corrected chi connectivity index (χ1v) is 22.4. The van der Waals surface area contributed by atoms with E-state index in [0.717, 1.165) is 56.0 Å². The fourth-order valence-electron chi connectivity index (χ4n) is 8.71. The molecule has 0 saturated carbocycles. The molecule has 0 saturated heterocycles. The number of nitrogens with zero attached hydrogens (tertiary/aromatic N) is 3. The monoisotopic (exact) mass is 825 g/mol. The molecule has 0 atom stereocenters.